The largest absolute Gasteiger partial charge is 0.508 e. The Morgan fingerprint density at radius 3 is 2.80 bits per heavy atom. The van der Waals surface area contributed by atoms with Gasteiger partial charge in [0.2, 0.25) is 0 Å². The zero-order valence-corrected chi connectivity index (χ0v) is 11.1. The van der Waals surface area contributed by atoms with Gasteiger partial charge >= 0.3 is 0 Å². The number of rotatable bonds is 7. The molecule has 0 aliphatic rings. The van der Waals surface area contributed by atoms with Gasteiger partial charge in [-0.1, -0.05) is 6.07 Å². The molecule has 1 heterocycles. The van der Waals surface area contributed by atoms with E-state index >= 15 is 0 Å². The molecule has 20 heavy (non-hydrogen) atoms. The molecule has 0 saturated heterocycles. The molecule has 6 nitrogen and oxygen atoms in total. The Kier molecular flexibility index (Phi) is 4.97. The second kappa shape index (κ2) is 6.93. The lowest BCUT2D eigenvalue weighted by molar-refractivity contribution is 0.241. The zero-order chi connectivity index (χ0) is 14.4. The van der Waals surface area contributed by atoms with Crippen LogP contribution in [-0.2, 0) is 12.8 Å². The lowest BCUT2D eigenvalue weighted by Crippen LogP contribution is -2.36. The summed E-state index contributed by atoms with van der Waals surface area (Å²) >= 11 is 0. The molecule has 0 fully saturated rings. The maximum atomic E-state index is 9.67. The molecule has 1 aromatic heterocycles. The van der Waals surface area contributed by atoms with E-state index in [1.807, 2.05) is 0 Å². The van der Waals surface area contributed by atoms with Gasteiger partial charge in [0.25, 0.3) is 0 Å². The Labute approximate surface area is 117 Å². The average molecular weight is 277 g/mol. The molecule has 1 aromatic carbocycles. The average Bonchev–Trinajstić information content (AvgIpc) is 2.93. The molecule has 5 N–H and O–H groups in total. The molecule has 1 atom stereocenters. The van der Waals surface area contributed by atoms with Gasteiger partial charge in [0.1, 0.15) is 11.5 Å². The third kappa shape index (κ3) is 3.97. The fourth-order valence-corrected chi connectivity index (χ4v) is 2.03. The van der Waals surface area contributed by atoms with Crippen molar-refractivity contribution in [2.45, 2.75) is 18.9 Å². The van der Waals surface area contributed by atoms with Crippen molar-refractivity contribution >= 4 is 0 Å². The van der Waals surface area contributed by atoms with E-state index in [0.29, 0.717) is 19.4 Å². The molecule has 0 amide bonds. The number of benzene rings is 1. The van der Waals surface area contributed by atoms with Crippen molar-refractivity contribution in [1.82, 2.24) is 15.3 Å². The van der Waals surface area contributed by atoms with E-state index in [-0.39, 0.29) is 24.1 Å². The van der Waals surface area contributed by atoms with Gasteiger partial charge in [-0.05, 0) is 24.6 Å². The summed E-state index contributed by atoms with van der Waals surface area (Å²) in [6, 6.07) is 4.48. The minimum absolute atomic E-state index is 0.0222. The van der Waals surface area contributed by atoms with Gasteiger partial charge in [-0.25, -0.2) is 4.98 Å². The summed E-state index contributed by atoms with van der Waals surface area (Å²) in [5.41, 5.74) is 1.65. The zero-order valence-electron chi connectivity index (χ0n) is 11.1. The van der Waals surface area contributed by atoms with Crippen LogP contribution in [0.3, 0.4) is 0 Å². The standard InChI is InChI=1S/C14H19N3O3/c18-8-12(5-11-7-15-9-17-11)16-4-3-10-1-2-13(19)6-14(10)20/h1-2,6-7,9,12,16,18-20H,3-5,8H2,(H,15,17)/t12-/m0/s1. The molecule has 0 bridgehead atoms. The SMILES string of the molecule is OC[C@H](Cc1c[nH]cn1)NCCc1ccc(O)cc1O. The predicted molar refractivity (Wildman–Crippen MR) is 74.6 cm³/mol. The smallest absolute Gasteiger partial charge is 0.122 e. The van der Waals surface area contributed by atoms with Crippen molar-refractivity contribution < 1.29 is 15.3 Å². The number of aliphatic hydroxyl groups excluding tert-OH is 1. The second-order valence-corrected chi connectivity index (χ2v) is 4.66. The van der Waals surface area contributed by atoms with Gasteiger partial charge in [-0.2, -0.15) is 0 Å². The highest BCUT2D eigenvalue weighted by atomic mass is 16.3. The number of H-pyrrole nitrogens is 1. The number of nitrogens with zero attached hydrogens (tertiary/aromatic N) is 1. The molecule has 0 aliphatic heterocycles. The third-order valence-electron chi connectivity index (χ3n) is 3.13. The summed E-state index contributed by atoms with van der Waals surface area (Å²) in [4.78, 5) is 7.00. The summed E-state index contributed by atoms with van der Waals surface area (Å²) < 4.78 is 0. The molecule has 0 radical (unpaired) electrons. The normalized spacial score (nSPS) is 12.4. The minimum Gasteiger partial charge on any atom is -0.508 e. The molecule has 0 spiro atoms. The molecule has 0 aliphatic carbocycles. The van der Waals surface area contributed by atoms with Crippen LogP contribution in [0.25, 0.3) is 0 Å². The first kappa shape index (κ1) is 14.4. The van der Waals surface area contributed by atoms with E-state index < -0.39 is 0 Å². The van der Waals surface area contributed by atoms with E-state index in [2.05, 4.69) is 15.3 Å². The van der Waals surface area contributed by atoms with Gasteiger partial charge in [0.05, 0.1) is 18.6 Å². The first-order chi connectivity index (χ1) is 9.69. The quantitative estimate of drug-likeness (QED) is 0.509. The Morgan fingerprint density at radius 2 is 2.15 bits per heavy atom. The molecular formula is C14H19N3O3. The first-order valence-electron chi connectivity index (χ1n) is 6.52. The number of hydrogen-bond donors (Lipinski definition) is 5. The molecule has 2 rings (SSSR count). The number of nitrogens with one attached hydrogen (secondary N) is 2. The van der Waals surface area contributed by atoms with Crippen LogP contribution in [0.4, 0.5) is 0 Å². The van der Waals surface area contributed by atoms with E-state index in [9.17, 15) is 15.3 Å². The second-order valence-electron chi connectivity index (χ2n) is 4.66. The van der Waals surface area contributed by atoms with E-state index in [4.69, 9.17) is 0 Å². The molecular weight excluding hydrogens is 258 g/mol. The fourth-order valence-electron chi connectivity index (χ4n) is 2.03. The summed E-state index contributed by atoms with van der Waals surface area (Å²) in [5.74, 6) is 0.130. The number of imidazole rings is 1. The molecule has 6 heteroatoms. The predicted octanol–water partition coefficient (Wildman–Crippen LogP) is 0.557. The maximum absolute atomic E-state index is 9.67. The van der Waals surface area contributed by atoms with Crippen LogP contribution in [0.2, 0.25) is 0 Å². The van der Waals surface area contributed by atoms with Crippen LogP contribution in [0, 0.1) is 0 Å². The van der Waals surface area contributed by atoms with Crippen molar-refractivity contribution in [3.63, 3.8) is 0 Å². The summed E-state index contributed by atoms with van der Waals surface area (Å²) in [7, 11) is 0. The molecule has 0 unspecified atom stereocenters. The molecule has 108 valence electrons. The lowest BCUT2D eigenvalue weighted by atomic mass is 10.1. The van der Waals surface area contributed by atoms with Gasteiger partial charge in [-0.15, -0.1) is 0 Å². The Hall–Kier alpha value is -2.05. The van der Waals surface area contributed by atoms with E-state index in [1.165, 1.54) is 6.07 Å². The van der Waals surface area contributed by atoms with Crippen molar-refractivity contribution in [2.24, 2.45) is 0 Å². The summed E-state index contributed by atoms with van der Waals surface area (Å²) in [6.07, 6.45) is 4.67. The topological polar surface area (TPSA) is 101 Å². The van der Waals surface area contributed by atoms with Crippen LogP contribution in [0.1, 0.15) is 11.3 Å². The van der Waals surface area contributed by atoms with Gasteiger partial charge in [0, 0.05) is 24.7 Å². The van der Waals surface area contributed by atoms with E-state index in [1.54, 1.807) is 24.7 Å². The monoisotopic (exact) mass is 277 g/mol. The van der Waals surface area contributed by atoms with Crippen LogP contribution in [0.5, 0.6) is 11.5 Å². The van der Waals surface area contributed by atoms with Crippen molar-refractivity contribution in [1.29, 1.82) is 0 Å². The highest BCUT2D eigenvalue weighted by Gasteiger charge is 2.09. The fraction of sp³-hybridized carbons (Fsp3) is 0.357. The van der Waals surface area contributed by atoms with Crippen LogP contribution in [-0.4, -0.2) is 44.5 Å². The Morgan fingerprint density at radius 1 is 1.30 bits per heavy atom. The number of hydrogen-bond acceptors (Lipinski definition) is 5. The number of aromatic hydroxyl groups is 2. The van der Waals surface area contributed by atoms with Gasteiger partial charge in [-0.3, -0.25) is 0 Å². The number of aliphatic hydroxyl groups is 1. The maximum Gasteiger partial charge on any atom is 0.122 e. The highest BCUT2D eigenvalue weighted by molar-refractivity contribution is 5.39. The Balaban J connectivity index is 1.81. The lowest BCUT2D eigenvalue weighted by Gasteiger charge is -2.15. The van der Waals surface area contributed by atoms with Crippen LogP contribution >= 0.6 is 0 Å². The minimum atomic E-state index is -0.0717. The van der Waals surface area contributed by atoms with E-state index in [0.717, 1.165) is 11.3 Å². The summed E-state index contributed by atoms with van der Waals surface area (Å²) in [5, 5.41) is 31.4. The number of aromatic nitrogens is 2. The van der Waals surface area contributed by atoms with Crippen LogP contribution < -0.4 is 5.32 Å². The van der Waals surface area contributed by atoms with Gasteiger partial charge < -0.3 is 25.6 Å². The number of phenols is 2. The van der Waals surface area contributed by atoms with Crippen molar-refractivity contribution in [3.05, 3.63) is 42.0 Å². The molecule has 0 saturated carbocycles. The van der Waals surface area contributed by atoms with Gasteiger partial charge in [0.15, 0.2) is 0 Å². The number of phenolic OH excluding ortho intramolecular Hbond substituents is 2. The highest BCUT2D eigenvalue weighted by Crippen LogP contribution is 2.22. The number of aromatic amines is 1. The Bertz CT molecular complexity index is 528. The first-order valence-corrected chi connectivity index (χ1v) is 6.52. The third-order valence-corrected chi connectivity index (χ3v) is 3.13. The van der Waals surface area contributed by atoms with Crippen molar-refractivity contribution in [3.8, 4) is 11.5 Å². The molecule has 2 aromatic rings. The van der Waals surface area contributed by atoms with Crippen molar-refractivity contribution in [2.75, 3.05) is 13.2 Å². The van der Waals surface area contributed by atoms with Crippen LogP contribution in [0.15, 0.2) is 30.7 Å². The summed E-state index contributed by atoms with van der Waals surface area (Å²) in [6.45, 7) is 0.641.